The van der Waals surface area contributed by atoms with Gasteiger partial charge in [0.15, 0.2) is 5.69 Å². The largest absolute Gasteiger partial charge is 0.354 e. The lowest BCUT2D eigenvalue weighted by atomic mass is 10.3. The number of hydrogen-bond acceptors (Lipinski definition) is 5. The molecule has 1 saturated heterocycles. The standard InChI is InChI=1S/C16H13Cl3N4O2S/c17-11-1-2-13(19)15(9-11)26(24,25)23-7-5-22(6-8-23)16-4-3-12(18)14(10-20)21-16/h1-4,9H,5-8H2. The van der Waals surface area contributed by atoms with Crippen LogP contribution in [0.15, 0.2) is 35.2 Å². The molecule has 1 fully saturated rings. The number of pyridine rings is 1. The predicted molar refractivity (Wildman–Crippen MR) is 101 cm³/mol. The molecule has 0 amide bonds. The van der Waals surface area contributed by atoms with Gasteiger partial charge in [-0.3, -0.25) is 0 Å². The molecule has 0 saturated carbocycles. The number of nitriles is 1. The van der Waals surface area contributed by atoms with Gasteiger partial charge in [-0.2, -0.15) is 9.57 Å². The Balaban J connectivity index is 1.78. The topological polar surface area (TPSA) is 77.3 Å². The monoisotopic (exact) mass is 430 g/mol. The van der Waals surface area contributed by atoms with Crippen molar-refractivity contribution in [1.29, 1.82) is 5.26 Å². The van der Waals surface area contributed by atoms with E-state index in [2.05, 4.69) is 4.98 Å². The molecule has 0 radical (unpaired) electrons. The maximum Gasteiger partial charge on any atom is 0.244 e. The first-order chi connectivity index (χ1) is 12.3. The highest BCUT2D eigenvalue weighted by Gasteiger charge is 2.30. The number of anilines is 1. The van der Waals surface area contributed by atoms with E-state index in [9.17, 15) is 8.42 Å². The van der Waals surface area contributed by atoms with Gasteiger partial charge in [0.1, 0.15) is 16.8 Å². The number of aromatic nitrogens is 1. The maximum atomic E-state index is 12.8. The Hall–Kier alpha value is -1.56. The SMILES string of the molecule is N#Cc1nc(N2CCN(S(=O)(=O)c3cc(Cl)ccc3Cl)CC2)ccc1Cl. The van der Waals surface area contributed by atoms with E-state index in [1.54, 1.807) is 18.2 Å². The van der Waals surface area contributed by atoms with E-state index in [1.807, 2.05) is 11.0 Å². The molecule has 0 unspecified atom stereocenters. The van der Waals surface area contributed by atoms with Crippen LogP contribution in [0.5, 0.6) is 0 Å². The number of benzene rings is 1. The first-order valence-corrected chi connectivity index (χ1v) is 10.2. The molecule has 0 N–H and O–H groups in total. The van der Waals surface area contributed by atoms with Gasteiger partial charge >= 0.3 is 0 Å². The zero-order valence-corrected chi connectivity index (χ0v) is 16.4. The Kier molecular flexibility index (Phi) is 5.61. The van der Waals surface area contributed by atoms with Crippen LogP contribution in [0, 0.1) is 11.3 Å². The van der Waals surface area contributed by atoms with Crippen molar-refractivity contribution in [2.45, 2.75) is 4.90 Å². The van der Waals surface area contributed by atoms with E-state index in [1.165, 1.54) is 16.4 Å². The molecule has 0 atom stereocenters. The summed E-state index contributed by atoms with van der Waals surface area (Å²) in [6, 6.07) is 9.62. The average Bonchev–Trinajstić information content (AvgIpc) is 2.64. The van der Waals surface area contributed by atoms with E-state index in [0.717, 1.165) is 0 Å². The Morgan fingerprint density at radius 2 is 1.65 bits per heavy atom. The van der Waals surface area contributed by atoms with Crippen molar-refractivity contribution in [1.82, 2.24) is 9.29 Å². The van der Waals surface area contributed by atoms with Crippen molar-refractivity contribution >= 4 is 50.6 Å². The van der Waals surface area contributed by atoms with Crippen LogP contribution in [-0.4, -0.2) is 43.9 Å². The van der Waals surface area contributed by atoms with Crippen LogP contribution in [0.2, 0.25) is 15.1 Å². The summed E-state index contributed by atoms with van der Waals surface area (Å²) in [6.07, 6.45) is 0. The maximum absolute atomic E-state index is 12.8. The Labute approximate surface area is 166 Å². The quantitative estimate of drug-likeness (QED) is 0.744. The van der Waals surface area contributed by atoms with Gasteiger partial charge in [0.2, 0.25) is 10.0 Å². The molecule has 0 spiro atoms. The number of halogens is 3. The summed E-state index contributed by atoms with van der Waals surface area (Å²) in [5.41, 5.74) is 0.143. The fraction of sp³-hybridized carbons (Fsp3) is 0.250. The molecule has 136 valence electrons. The van der Waals surface area contributed by atoms with Crippen molar-refractivity contribution in [2.24, 2.45) is 0 Å². The summed E-state index contributed by atoms with van der Waals surface area (Å²) < 4.78 is 27.0. The van der Waals surface area contributed by atoms with Crippen LogP contribution in [0.25, 0.3) is 0 Å². The molecule has 0 aliphatic carbocycles. The summed E-state index contributed by atoms with van der Waals surface area (Å²) in [6.45, 7) is 1.38. The number of sulfonamides is 1. The molecule has 1 aromatic heterocycles. The van der Waals surface area contributed by atoms with E-state index in [0.29, 0.717) is 23.9 Å². The molecule has 2 aromatic rings. The van der Waals surface area contributed by atoms with E-state index < -0.39 is 10.0 Å². The van der Waals surface area contributed by atoms with E-state index >= 15 is 0 Å². The van der Waals surface area contributed by atoms with Crippen molar-refractivity contribution in [3.8, 4) is 6.07 Å². The van der Waals surface area contributed by atoms with Crippen LogP contribution in [0.4, 0.5) is 5.82 Å². The smallest absolute Gasteiger partial charge is 0.244 e. The van der Waals surface area contributed by atoms with Crippen molar-refractivity contribution in [3.05, 3.63) is 51.1 Å². The lowest BCUT2D eigenvalue weighted by Gasteiger charge is -2.34. The molecule has 10 heteroatoms. The Morgan fingerprint density at radius 3 is 2.31 bits per heavy atom. The van der Waals surface area contributed by atoms with Crippen LogP contribution < -0.4 is 4.90 Å². The molecular weight excluding hydrogens is 419 g/mol. The lowest BCUT2D eigenvalue weighted by molar-refractivity contribution is 0.384. The second kappa shape index (κ2) is 7.59. The fourth-order valence-electron chi connectivity index (χ4n) is 2.66. The van der Waals surface area contributed by atoms with Gasteiger partial charge in [0.05, 0.1) is 10.0 Å². The number of rotatable bonds is 3. The van der Waals surface area contributed by atoms with Crippen LogP contribution >= 0.6 is 34.8 Å². The summed E-state index contributed by atoms with van der Waals surface area (Å²) in [5, 5.41) is 9.76. The molecule has 2 heterocycles. The molecule has 3 rings (SSSR count). The zero-order chi connectivity index (χ0) is 18.9. The van der Waals surface area contributed by atoms with Gasteiger partial charge in [-0.05, 0) is 30.3 Å². The minimum Gasteiger partial charge on any atom is -0.354 e. The highest BCUT2D eigenvalue weighted by atomic mass is 35.5. The minimum absolute atomic E-state index is 0.00324. The highest BCUT2D eigenvalue weighted by molar-refractivity contribution is 7.89. The van der Waals surface area contributed by atoms with Crippen LogP contribution in [0.3, 0.4) is 0 Å². The molecule has 0 bridgehead atoms. The van der Waals surface area contributed by atoms with Crippen molar-refractivity contribution in [3.63, 3.8) is 0 Å². The van der Waals surface area contributed by atoms with Crippen molar-refractivity contribution in [2.75, 3.05) is 31.1 Å². The Morgan fingerprint density at radius 1 is 1.00 bits per heavy atom. The lowest BCUT2D eigenvalue weighted by Crippen LogP contribution is -2.49. The normalized spacial score (nSPS) is 15.7. The van der Waals surface area contributed by atoms with E-state index in [-0.39, 0.29) is 33.7 Å². The van der Waals surface area contributed by atoms with Gasteiger partial charge < -0.3 is 4.90 Å². The third-order valence-corrected chi connectivity index (χ3v) is 6.93. The average molecular weight is 432 g/mol. The first-order valence-electron chi connectivity index (χ1n) is 7.60. The number of nitrogens with zero attached hydrogens (tertiary/aromatic N) is 4. The van der Waals surface area contributed by atoms with E-state index in [4.69, 9.17) is 40.1 Å². The van der Waals surface area contributed by atoms with Crippen LogP contribution in [-0.2, 0) is 10.0 Å². The summed E-state index contributed by atoms with van der Waals surface area (Å²) >= 11 is 17.9. The first kappa shape index (κ1) is 19.2. The van der Waals surface area contributed by atoms with Gasteiger partial charge in [-0.15, -0.1) is 0 Å². The third-order valence-electron chi connectivity index (χ3n) is 4.01. The molecule has 1 aliphatic rings. The predicted octanol–water partition coefficient (Wildman–Crippen LogP) is 3.42. The molecule has 1 aromatic carbocycles. The number of hydrogen-bond donors (Lipinski definition) is 0. The summed E-state index contributed by atoms with van der Waals surface area (Å²) in [5.74, 6) is 0.587. The third kappa shape index (κ3) is 3.75. The summed E-state index contributed by atoms with van der Waals surface area (Å²) in [4.78, 5) is 6.11. The second-order valence-electron chi connectivity index (χ2n) is 5.58. The minimum atomic E-state index is -3.74. The fourth-order valence-corrected chi connectivity index (χ4v) is 4.96. The zero-order valence-electron chi connectivity index (χ0n) is 13.4. The van der Waals surface area contributed by atoms with Crippen molar-refractivity contribution < 1.29 is 8.42 Å². The molecule has 6 nitrogen and oxygen atoms in total. The van der Waals surface area contributed by atoms with Crippen LogP contribution in [0.1, 0.15) is 5.69 Å². The molecule has 26 heavy (non-hydrogen) atoms. The summed E-state index contributed by atoms with van der Waals surface area (Å²) in [7, 11) is -3.74. The molecular formula is C16H13Cl3N4O2S. The molecule has 1 aliphatic heterocycles. The van der Waals surface area contributed by atoms with Gasteiger partial charge in [0.25, 0.3) is 0 Å². The highest BCUT2D eigenvalue weighted by Crippen LogP contribution is 2.29. The van der Waals surface area contributed by atoms with Gasteiger partial charge in [-0.25, -0.2) is 13.4 Å². The van der Waals surface area contributed by atoms with Gasteiger partial charge in [-0.1, -0.05) is 34.8 Å². The second-order valence-corrected chi connectivity index (χ2v) is 8.73. The number of piperazine rings is 1. The Bertz CT molecular complexity index is 983. The van der Waals surface area contributed by atoms with Gasteiger partial charge in [0, 0.05) is 31.2 Å².